The Morgan fingerprint density at radius 2 is 0.574 bits per heavy atom. The molecule has 0 bridgehead atoms. The second kappa shape index (κ2) is 19.9. The predicted molar refractivity (Wildman–Crippen MR) is 184 cm³/mol. The van der Waals surface area contributed by atoms with Crippen LogP contribution in [-0.2, 0) is 20.4 Å². The maximum atomic E-state index is 11.6. The average molecular weight is 790 g/mol. The molecule has 0 amide bonds. The van der Waals surface area contributed by atoms with E-state index in [1.54, 1.807) is 24.3 Å². The Bertz CT molecular complexity index is 1620. The summed E-state index contributed by atoms with van der Waals surface area (Å²) in [5.74, 6) is -1.76. The third-order valence-electron chi connectivity index (χ3n) is 6.81. The molecule has 0 heterocycles. The van der Waals surface area contributed by atoms with Crippen molar-refractivity contribution in [1.29, 1.82) is 0 Å². The number of halogens is 2. The van der Waals surface area contributed by atoms with E-state index >= 15 is 0 Å². The summed E-state index contributed by atoms with van der Waals surface area (Å²) < 4.78 is 0. The molecule has 0 saturated carbocycles. The first kappa shape index (κ1) is 39.5. The Hall–Kier alpha value is -3.64. The van der Waals surface area contributed by atoms with Crippen molar-refractivity contribution in [3.05, 3.63) is 181 Å². The zero-order valence-corrected chi connectivity index (χ0v) is 29.7. The van der Waals surface area contributed by atoms with Crippen molar-refractivity contribution in [2.75, 3.05) is 0 Å². The van der Waals surface area contributed by atoms with Crippen molar-refractivity contribution >= 4 is 59.6 Å². The average Bonchev–Trinajstić information content (AvgIpc) is 3.08. The van der Waals surface area contributed by atoms with Gasteiger partial charge < -0.3 is 35.0 Å². The van der Waals surface area contributed by atoms with Gasteiger partial charge in [-0.25, -0.2) is 9.59 Å². The van der Waals surface area contributed by atoms with Crippen LogP contribution in [0.3, 0.4) is 0 Å². The number of hydrogen-bond donors (Lipinski definition) is 2. The van der Waals surface area contributed by atoms with Crippen molar-refractivity contribution in [1.82, 2.24) is 0 Å². The summed E-state index contributed by atoms with van der Waals surface area (Å²) in [6.07, 6.45) is 0. The molecule has 0 aliphatic heterocycles. The summed E-state index contributed by atoms with van der Waals surface area (Å²) in [5, 5.41) is 25.4. The van der Waals surface area contributed by atoms with E-state index in [-0.39, 0.29) is 45.2 Å². The van der Waals surface area contributed by atoms with Gasteiger partial charge in [0.15, 0.2) is 0 Å². The van der Waals surface area contributed by atoms with Gasteiger partial charge in [-0.15, -0.1) is 0 Å². The molecule has 0 atom stereocenters. The third kappa shape index (κ3) is 10.2. The summed E-state index contributed by atoms with van der Waals surface area (Å²) in [4.78, 5) is 23.2. The van der Waals surface area contributed by atoms with Crippen molar-refractivity contribution in [3.63, 3.8) is 0 Å². The van der Waals surface area contributed by atoms with Crippen molar-refractivity contribution in [2.24, 2.45) is 0 Å². The molecule has 6 aromatic carbocycles. The monoisotopic (exact) mass is 788 g/mol. The number of hydrogen-bond acceptors (Lipinski definition) is 2. The number of carboxylic acids is 2. The van der Waals surface area contributed by atoms with E-state index in [9.17, 15) is 19.8 Å². The van der Waals surface area contributed by atoms with Crippen LogP contribution in [0.5, 0.6) is 0 Å². The molecule has 0 aliphatic rings. The molecule has 0 saturated heterocycles. The first-order valence-electron chi connectivity index (χ1n) is 14.0. The minimum Gasteiger partial charge on any atom is -1.00 e. The van der Waals surface area contributed by atoms with Gasteiger partial charge in [0.05, 0.1) is 11.1 Å². The van der Waals surface area contributed by atoms with Crippen LogP contribution in [-0.4, -0.2) is 22.2 Å². The summed E-state index contributed by atoms with van der Waals surface area (Å²) in [6.45, 7) is 0. The fraction of sp³-hybridized carbons (Fsp3) is 0. The molecule has 2 N–H and O–H groups in total. The van der Waals surface area contributed by atoms with E-state index < -0.39 is 27.8 Å². The minimum atomic E-state index is -0.880. The molecule has 6 aromatic rings. The van der Waals surface area contributed by atoms with Gasteiger partial charge >= 0.3 is 32.4 Å². The fourth-order valence-electron chi connectivity index (χ4n) is 4.86. The summed E-state index contributed by atoms with van der Waals surface area (Å²) in [7, 11) is -1.76. The quantitative estimate of drug-likeness (QED) is 0.172. The van der Waals surface area contributed by atoms with E-state index in [1.165, 1.54) is 0 Å². The minimum absolute atomic E-state index is 0. The Morgan fingerprint density at radius 1 is 0.362 bits per heavy atom. The second-order valence-corrected chi connectivity index (χ2v) is 14.0. The standard InChI is InChI=1S/2C19H15O2P.2ClH.Pd/c2*20-19(21)17-13-7-8-14-18(17)22(15-9-3-1-4-10-15)16-11-5-2-6-12-16;;;/h2*1-14H,(H,20,21);2*1H;/q;;;;+2/p-2. The van der Waals surface area contributed by atoms with E-state index in [2.05, 4.69) is 48.5 Å². The van der Waals surface area contributed by atoms with Crippen LogP contribution in [0.2, 0.25) is 0 Å². The number of carbonyl (C=O) groups is 2. The Labute approximate surface area is 303 Å². The first-order valence-corrected chi connectivity index (χ1v) is 16.7. The maximum absolute atomic E-state index is 11.6. The Morgan fingerprint density at radius 3 is 0.809 bits per heavy atom. The molecule has 0 aromatic heterocycles. The molecule has 240 valence electrons. The van der Waals surface area contributed by atoms with Crippen LogP contribution >= 0.6 is 15.8 Å². The van der Waals surface area contributed by atoms with Gasteiger partial charge in [0.25, 0.3) is 0 Å². The van der Waals surface area contributed by atoms with Crippen LogP contribution in [0, 0.1) is 0 Å². The normalized spacial score (nSPS) is 9.91. The van der Waals surface area contributed by atoms with Crippen molar-refractivity contribution in [2.45, 2.75) is 0 Å². The van der Waals surface area contributed by atoms with E-state index in [0.717, 1.165) is 31.8 Å². The van der Waals surface area contributed by atoms with Gasteiger partial charge in [-0.05, 0) is 59.8 Å². The Kier molecular flexibility index (Phi) is 16.7. The summed E-state index contributed by atoms with van der Waals surface area (Å²) >= 11 is 0. The number of benzene rings is 6. The van der Waals surface area contributed by atoms with Crippen LogP contribution in [0.25, 0.3) is 0 Å². The third-order valence-corrected chi connectivity index (χ3v) is 11.8. The molecule has 0 spiro atoms. The van der Waals surface area contributed by atoms with Gasteiger partial charge in [-0.3, -0.25) is 0 Å². The molecule has 0 radical (unpaired) electrons. The SMILES string of the molecule is O=C(O)c1ccccc1P(c1ccccc1)c1ccccc1.O=C(O)c1ccccc1P(c1ccccc1)c1ccccc1.[Cl-].[Cl-].[Pd+2]. The molecular formula is C38H30Cl2O4P2Pd. The smallest absolute Gasteiger partial charge is 1.00 e. The molecule has 47 heavy (non-hydrogen) atoms. The van der Waals surface area contributed by atoms with Gasteiger partial charge in [0.2, 0.25) is 0 Å². The molecule has 6 rings (SSSR count). The van der Waals surface area contributed by atoms with E-state index in [1.807, 2.05) is 97.1 Å². The summed E-state index contributed by atoms with van der Waals surface area (Å²) in [5.41, 5.74) is 0.752. The molecule has 0 aliphatic carbocycles. The molecule has 0 unspecified atom stereocenters. The zero-order valence-electron chi connectivity index (χ0n) is 24.8. The van der Waals surface area contributed by atoms with E-state index in [0.29, 0.717) is 11.1 Å². The fourth-order valence-corrected chi connectivity index (χ4v) is 9.74. The van der Waals surface area contributed by atoms with Crippen LogP contribution in [0.4, 0.5) is 0 Å². The van der Waals surface area contributed by atoms with Crippen molar-refractivity contribution in [3.8, 4) is 0 Å². The largest absolute Gasteiger partial charge is 2.00 e. The molecule has 4 nitrogen and oxygen atoms in total. The van der Waals surface area contributed by atoms with Crippen LogP contribution in [0.1, 0.15) is 20.7 Å². The maximum Gasteiger partial charge on any atom is 2.00 e. The molecule has 0 fully saturated rings. The number of aromatic carboxylic acids is 2. The Balaban J connectivity index is 0.000000307. The van der Waals surface area contributed by atoms with Gasteiger partial charge in [-0.2, -0.15) is 0 Å². The predicted octanol–water partition coefficient (Wildman–Crippen LogP) is 0.292. The van der Waals surface area contributed by atoms with Gasteiger partial charge in [0.1, 0.15) is 0 Å². The molecule has 9 heteroatoms. The summed E-state index contributed by atoms with van der Waals surface area (Å²) in [6, 6.07) is 55.0. The van der Waals surface area contributed by atoms with Crippen LogP contribution < -0.4 is 56.6 Å². The second-order valence-electron chi connectivity index (χ2n) is 9.66. The number of rotatable bonds is 8. The van der Waals surface area contributed by atoms with E-state index in [4.69, 9.17) is 0 Å². The molecular weight excluding hydrogens is 760 g/mol. The van der Waals surface area contributed by atoms with Crippen molar-refractivity contribution < 1.29 is 65.0 Å². The zero-order chi connectivity index (χ0) is 30.7. The first-order chi connectivity index (χ1) is 21.5. The topological polar surface area (TPSA) is 74.6 Å². The van der Waals surface area contributed by atoms with Gasteiger partial charge in [0, 0.05) is 0 Å². The van der Waals surface area contributed by atoms with Crippen LogP contribution in [0.15, 0.2) is 170 Å². The number of carboxylic acid groups (broad SMARTS) is 2. The van der Waals surface area contributed by atoms with Gasteiger partial charge in [-0.1, -0.05) is 158 Å².